The van der Waals surface area contributed by atoms with Crippen LogP contribution in [-0.4, -0.2) is 39.3 Å². The molecule has 3 heterocycles. The van der Waals surface area contributed by atoms with Gasteiger partial charge in [-0.15, -0.1) is 0 Å². The molecular formula is C16H22N4O. The Bertz CT molecular complexity index is 603. The molecule has 5 heteroatoms. The van der Waals surface area contributed by atoms with Crippen molar-refractivity contribution in [1.82, 2.24) is 14.3 Å². The molecule has 2 aromatic heterocycles. The Balaban J connectivity index is 1.75. The lowest BCUT2D eigenvalue weighted by molar-refractivity contribution is -0.135. The molecule has 1 saturated heterocycles. The Kier molecular flexibility index (Phi) is 3.92. The van der Waals surface area contributed by atoms with Crippen LogP contribution in [0.15, 0.2) is 30.6 Å². The van der Waals surface area contributed by atoms with Crippen LogP contribution in [0.3, 0.4) is 0 Å². The standard InChI is InChI=1S/C16H22N4O/c1-12-5-4-8-20(14(12)10-17)16(21)9-13-11-19-7-3-2-6-15(19)18-13/h2-3,6-7,11-12,14H,4-5,8-10,17H2,1H3/t12-,14+/m0/s1. The fraction of sp³-hybridized carbons (Fsp3) is 0.500. The van der Waals surface area contributed by atoms with E-state index < -0.39 is 0 Å². The number of carbonyl (C=O) groups excluding carboxylic acids is 1. The van der Waals surface area contributed by atoms with Crippen LogP contribution in [0.25, 0.3) is 5.65 Å². The Hall–Kier alpha value is -1.88. The van der Waals surface area contributed by atoms with Crippen molar-refractivity contribution in [3.8, 4) is 0 Å². The van der Waals surface area contributed by atoms with Crippen molar-refractivity contribution in [2.24, 2.45) is 11.7 Å². The van der Waals surface area contributed by atoms with Gasteiger partial charge >= 0.3 is 0 Å². The van der Waals surface area contributed by atoms with Crippen LogP contribution in [0.4, 0.5) is 0 Å². The monoisotopic (exact) mass is 286 g/mol. The van der Waals surface area contributed by atoms with E-state index in [1.165, 1.54) is 0 Å². The van der Waals surface area contributed by atoms with E-state index >= 15 is 0 Å². The summed E-state index contributed by atoms with van der Waals surface area (Å²) in [6.07, 6.45) is 6.44. The van der Waals surface area contributed by atoms with Gasteiger partial charge in [-0.2, -0.15) is 0 Å². The first-order valence-corrected chi connectivity index (χ1v) is 7.61. The van der Waals surface area contributed by atoms with E-state index in [4.69, 9.17) is 5.73 Å². The average molecular weight is 286 g/mol. The van der Waals surface area contributed by atoms with Gasteiger partial charge in [0.05, 0.1) is 12.1 Å². The minimum atomic E-state index is 0.139. The van der Waals surface area contributed by atoms with Gasteiger partial charge in [0.2, 0.25) is 5.91 Å². The van der Waals surface area contributed by atoms with Gasteiger partial charge in [-0.3, -0.25) is 4.79 Å². The molecule has 3 rings (SSSR count). The number of amides is 1. The highest BCUT2D eigenvalue weighted by atomic mass is 16.2. The van der Waals surface area contributed by atoms with Crippen molar-refractivity contribution in [2.45, 2.75) is 32.2 Å². The molecule has 1 amide bonds. The lowest BCUT2D eigenvalue weighted by Crippen LogP contribution is -2.51. The van der Waals surface area contributed by atoms with Crippen molar-refractivity contribution in [2.75, 3.05) is 13.1 Å². The fourth-order valence-corrected chi connectivity index (χ4v) is 3.25. The molecule has 112 valence electrons. The van der Waals surface area contributed by atoms with E-state index in [1.54, 1.807) is 0 Å². The number of piperidine rings is 1. The fourth-order valence-electron chi connectivity index (χ4n) is 3.25. The number of likely N-dealkylation sites (tertiary alicyclic amines) is 1. The molecule has 1 aliphatic rings. The summed E-state index contributed by atoms with van der Waals surface area (Å²) in [5.41, 5.74) is 7.56. The number of imidazole rings is 1. The molecular weight excluding hydrogens is 264 g/mol. The third kappa shape index (κ3) is 2.78. The molecule has 0 bridgehead atoms. The van der Waals surface area contributed by atoms with Crippen molar-refractivity contribution in [3.63, 3.8) is 0 Å². The van der Waals surface area contributed by atoms with E-state index in [1.807, 2.05) is 39.9 Å². The molecule has 1 aliphatic heterocycles. The quantitative estimate of drug-likeness (QED) is 0.929. The van der Waals surface area contributed by atoms with Gasteiger partial charge in [0, 0.05) is 31.5 Å². The Morgan fingerprint density at radius 2 is 2.33 bits per heavy atom. The molecule has 2 aromatic rings. The Morgan fingerprint density at radius 3 is 3.10 bits per heavy atom. The van der Waals surface area contributed by atoms with Gasteiger partial charge < -0.3 is 15.0 Å². The topological polar surface area (TPSA) is 63.6 Å². The SMILES string of the molecule is C[C@H]1CCCN(C(=O)Cc2cn3ccccc3n2)[C@@H]1CN. The highest BCUT2D eigenvalue weighted by molar-refractivity contribution is 5.79. The van der Waals surface area contributed by atoms with Crippen molar-refractivity contribution in [1.29, 1.82) is 0 Å². The van der Waals surface area contributed by atoms with Crippen LogP contribution in [0, 0.1) is 5.92 Å². The predicted molar refractivity (Wildman–Crippen MR) is 81.8 cm³/mol. The minimum absolute atomic E-state index is 0.139. The highest BCUT2D eigenvalue weighted by Gasteiger charge is 2.30. The maximum atomic E-state index is 12.6. The number of fused-ring (bicyclic) bond motifs is 1. The molecule has 0 aliphatic carbocycles. The van der Waals surface area contributed by atoms with Gasteiger partial charge in [0.25, 0.3) is 0 Å². The smallest absolute Gasteiger partial charge is 0.228 e. The molecule has 21 heavy (non-hydrogen) atoms. The second-order valence-corrected chi connectivity index (χ2v) is 5.88. The summed E-state index contributed by atoms with van der Waals surface area (Å²) in [6.45, 7) is 3.54. The average Bonchev–Trinajstić information content (AvgIpc) is 2.89. The normalized spacial score (nSPS) is 22.7. The first kappa shape index (κ1) is 14.1. The van der Waals surface area contributed by atoms with E-state index in [9.17, 15) is 4.79 Å². The van der Waals surface area contributed by atoms with E-state index in [2.05, 4.69) is 11.9 Å². The lowest BCUT2D eigenvalue weighted by Gasteiger charge is -2.39. The van der Waals surface area contributed by atoms with Gasteiger partial charge in [-0.25, -0.2) is 4.98 Å². The summed E-state index contributed by atoms with van der Waals surface area (Å²) < 4.78 is 1.95. The third-order valence-electron chi connectivity index (χ3n) is 4.42. The van der Waals surface area contributed by atoms with Crippen LogP contribution in [-0.2, 0) is 11.2 Å². The number of rotatable bonds is 3. The summed E-state index contributed by atoms with van der Waals surface area (Å²) in [7, 11) is 0. The largest absolute Gasteiger partial charge is 0.338 e. The summed E-state index contributed by atoms with van der Waals surface area (Å²) in [4.78, 5) is 19.0. The van der Waals surface area contributed by atoms with Gasteiger partial charge in [-0.1, -0.05) is 13.0 Å². The van der Waals surface area contributed by atoms with Crippen LogP contribution in [0.2, 0.25) is 0 Å². The van der Waals surface area contributed by atoms with Crippen LogP contribution in [0.5, 0.6) is 0 Å². The van der Waals surface area contributed by atoms with Crippen molar-refractivity contribution >= 4 is 11.6 Å². The summed E-state index contributed by atoms with van der Waals surface area (Å²) in [5, 5.41) is 0. The predicted octanol–water partition coefficient (Wildman–Crippen LogP) is 1.46. The van der Waals surface area contributed by atoms with Gasteiger partial charge in [-0.05, 0) is 30.9 Å². The van der Waals surface area contributed by atoms with E-state index in [0.29, 0.717) is 18.9 Å². The second-order valence-electron chi connectivity index (χ2n) is 5.88. The molecule has 2 N–H and O–H groups in total. The summed E-state index contributed by atoms with van der Waals surface area (Å²) >= 11 is 0. The van der Waals surface area contributed by atoms with Gasteiger partial charge in [0.15, 0.2) is 0 Å². The summed E-state index contributed by atoms with van der Waals surface area (Å²) in [6, 6.07) is 6.02. The maximum Gasteiger partial charge on any atom is 0.228 e. The lowest BCUT2D eigenvalue weighted by atomic mass is 9.90. The first-order chi connectivity index (χ1) is 10.2. The zero-order valence-electron chi connectivity index (χ0n) is 12.4. The molecule has 0 radical (unpaired) electrons. The minimum Gasteiger partial charge on any atom is -0.338 e. The number of hydrogen-bond acceptors (Lipinski definition) is 3. The molecule has 2 atom stereocenters. The molecule has 5 nitrogen and oxygen atoms in total. The zero-order chi connectivity index (χ0) is 14.8. The van der Waals surface area contributed by atoms with E-state index in [0.717, 1.165) is 30.7 Å². The van der Waals surface area contributed by atoms with Crippen LogP contribution in [0.1, 0.15) is 25.5 Å². The number of nitrogens with two attached hydrogens (primary N) is 1. The summed E-state index contributed by atoms with van der Waals surface area (Å²) in [5.74, 6) is 0.620. The highest BCUT2D eigenvalue weighted by Crippen LogP contribution is 2.23. The zero-order valence-corrected chi connectivity index (χ0v) is 12.4. The Morgan fingerprint density at radius 1 is 1.48 bits per heavy atom. The molecule has 0 saturated carbocycles. The number of carbonyl (C=O) groups is 1. The van der Waals surface area contributed by atoms with Crippen LogP contribution >= 0.6 is 0 Å². The van der Waals surface area contributed by atoms with Gasteiger partial charge in [0.1, 0.15) is 5.65 Å². The van der Waals surface area contributed by atoms with Crippen molar-refractivity contribution < 1.29 is 4.79 Å². The molecule has 0 spiro atoms. The second kappa shape index (κ2) is 5.85. The number of aromatic nitrogens is 2. The molecule has 1 fully saturated rings. The molecule has 0 aromatic carbocycles. The Labute approximate surface area is 124 Å². The van der Waals surface area contributed by atoms with E-state index in [-0.39, 0.29) is 11.9 Å². The third-order valence-corrected chi connectivity index (χ3v) is 4.42. The number of nitrogens with zero attached hydrogens (tertiary/aromatic N) is 3. The number of hydrogen-bond donors (Lipinski definition) is 1. The van der Waals surface area contributed by atoms with Crippen molar-refractivity contribution in [3.05, 3.63) is 36.3 Å². The van der Waals surface area contributed by atoms with Crippen LogP contribution < -0.4 is 5.73 Å². The maximum absolute atomic E-state index is 12.6. The number of pyridine rings is 1. The molecule has 0 unspecified atom stereocenters. The first-order valence-electron chi connectivity index (χ1n) is 7.61.